The maximum atomic E-state index is 12.7. The Bertz CT molecular complexity index is 551. The van der Waals surface area contributed by atoms with E-state index in [1.54, 1.807) is 18.2 Å². The van der Waals surface area contributed by atoms with Crippen molar-refractivity contribution in [2.75, 3.05) is 0 Å². The number of aromatic nitrogens is 1. The zero-order valence-electron chi connectivity index (χ0n) is 9.55. The molecule has 7 heteroatoms. The van der Waals surface area contributed by atoms with Gasteiger partial charge in [0.05, 0.1) is 12.2 Å². The molecule has 0 bridgehead atoms. The van der Waals surface area contributed by atoms with Crippen molar-refractivity contribution in [2.24, 2.45) is 0 Å². The molecule has 1 heterocycles. The Hall–Kier alpha value is -1.86. The van der Waals surface area contributed by atoms with Gasteiger partial charge in [0.2, 0.25) is 5.76 Å². The van der Waals surface area contributed by atoms with Crippen LogP contribution in [0.2, 0.25) is 0 Å². The summed E-state index contributed by atoms with van der Waals surface area (Å²) < 4.78 is 42.4. The summed E-state index contributed by atoms with van der Waals surface area (Å²) >= 11 is 0. The number of halogens is 3. The fourth-order valence-electron chi connectivity index (χ4n) is 1.73. The quantitative estimate of drug-likeness (QED) is 0.900. The predicted octanol–water partition coefficient (Wildman–Crippen LogP) is 2.27. The smallest absolute Gasteiger partial charge is 0.390 e. The van der Waals surface area contributed by atoms with Gasteiger partial charge in [-0.2, -0.15) is 13.2 Å². The van der Waals surface area contributed by atoms with E-state index in [1.807, 2.05) is 0 Å². The molecule has 0 saturated heterocycles. The Morgan fingerprint density at radius 1 is 1.21 bits per heavy atom. The first kappa shape index (κ1) is 13.6. The lowest BCUT2D eigenvalue weighted by molar-refractivity contribution is -0.157. The van der Waals surface area contributed by atoms with E-state index in [4.69, 9.17) is 5.11 Å². The normalized spacial score (nSPS) is 13.5. The largest absolute Gasteiger partial charge is 0.452 e. The van der Waals surface area contributed by atoms with Gasteiger partial charge in [-0.25, -0.2) is 0 Å². The molecule has 0 aliphatic heterocycles. The first-order valence-electron chi connectivity index (χ1n) is 5.34. The summed E-state index contributed by atoms with van der Waals surface area (Å²) in [6.45, 7) is -0.751. The Balaban J connectivity index is 2.51. The highest BCUT2D eigenvalue weighted by Crippen LogP contribution is 2.38. The molecule has 4 nitrogen and oxygen atoms in total. The van der Waals surface area contributed by atoms with Gasteiger partial charge in [-0.05, 0) is 5.56 Å². The van der Waals surface area contributed by atoms with E-state index in [-0.39, 0.29) is 11.3 Å². The average molecular weight is 273 g/mol. The molecule has 0 spiro atoms. The van der Waals surface area contributed by atoms with Gasteiger partial charge in [0.15, 0.2) is 0 Å². The van der Waals surface area contributed by atoms with Crippen LogP contribution in [0.4, 0.5) is 13.2 Å². The number of benzene rings is 1. The van der Waals surface area contributed by atoms with Gasteiger partial charge in [-0.15, -0.1) is 0 Å². The van der Waals surface area contributed by atoms with Crippen LogP contribution in [0.3, 0.4) is 0 Å². The fraction of sp³-hybridized carbons (Fsp3) is 0.250. The molecule has 0 amide bonds. The minimum atomic E-state index is -4.79. The van der Waals surface area contributed by atoms with Gasteiger partial charge in [0.25, 0.3) is 0 Å². The van der Waals surface area contributed by atoms with E-state index in [1.165, 1.54) is 12.1 Å². The summed E-state index contributed by atoms with van der Waals surface area (Å²) in [4.78, 5) is 0. The van der Waals surface area contributed by atoms with Gasteiger partial charge >= 0.3 is 6.18 Å². The van der Waals surface area contributed by atoms with Crippen LogP contribution in [0.1, 0.15) is 28.7 Å². The molecule has 1 aromatic carbocycles. The molecule has 0 saturated carbocycles. The summed E-state index contributed by atoms with van der Waals surface area (Å²) in [5.74, 6) is -1.40. The van der Waals surface area contributed by atoms with Crippen molar-refractivity contribution in [3.05, 3.63) is 52.9 Å². The summed E-state index contributed by atoms with van der Waals surface area (Å²) in [6, 6.07) is 7.77. The van der Waals surface area contributed by atoms with E-state index in [9.17, 15) is 18.3 Å². The number of aliphatic hydroxyl groups excluding tert-OH is 2. The lowest BCUT2D eigenvalue weighted by Crippen LogP contribution is -2.12. The Kier molecular flexibility index (Phi) is 3.59. The van der Waals surface area contributed by atoms with Crippen molar-refractivity contribution >= 4 is 0 Å². The van der Waals surface area contributed by atoms with E-state index in [2.05, 4.69) is 9.68 Å². The monoisotopic (exact) mass is 273 g/mol. The third kappa shape index (κ3) is 2.61. The van der Waals surface area contributed by atoms with Crippen molar-refractivity contribution in [3.8, 4) is 0 Å². The van der Waals surface area contributed by atoms with Gasteiger partial charge in [-0.1, -0.05) is 35.5 Å². The van der Waals surface area contributed by atoms with Crippen LogP contribution in [0.25, 0.3) is 0 Å². The molecule has 1 atom stereocenters. The van der Waals surface area contributed by atoms with Crippen molar-refractivity contribution in [1.82, 2.24) is 5.16 Å². The predicted molar refractivity (Wildman–Crippen MR) is 57.9 cm³/mol. The van der Waals surface area contributed by atoms with Gasteiger partial charge < -0.3 is 14.7 Å². The van der Waals surface area contributed by atoms with Crippen molar-refractivity contribution in [2.45, 2.75) is 18.9 Å². The van der Waals surface area contributed by atoms with Crippen LogP contribution in [0, 0.1) is 0 Å². The molecule has 2 rings (SSSR count). The summed E-state index contributed by atoms with van der Waals surface area (Å²) in [7, 11) is 0. The highest BCUT2D eigenvalue weighted by molar-refractivity contribution is 5.35. The van der Waals surface area contributed by atoms with Crippen LogP contribution < -0.4 is 0 Å². The van der Waals surface area contributed by atoms with Crippen molar-refractivity contribution in [3.63, 3.8) is 0 Å². The molecule has 1 aromatic heterocycles. The Labute approximate surface area is 106 Å². The Morgan fingerprint density at radius 3 is 2.37 bits per heavy atom. The number of nitrogens with zero attached hydrogens (tertiary/aromatic N) is 1. The molecule has 0 aliphatic carbocycles. The second-order valence-corrected chi connectivity index (χ2v) is 3.84. The minimum Gasteiger partial charge on any atom is -0.390 e. The second-order valence-electron chi connectivity index (χ2n) is 3.84. The number of hydrogen-bond donors (Lipinski definition) is 2. The fourth-order valence-corrected chi connectivity index (χ4v) is 1.73. The zero-order chi connectivity index (χ0) is 14.0. The number of aliphatic hydroxyl groups is 2. The molecule has 2 aromatic rings. The van der Waals surface area contributed by atoms with Crippen molar-refractivity contribution < 1.29 is 27.9 Å². The van der Waals surface area contributed by atoms with Crippen LogP contribution in [0.15, 0.2) is 34.9 Å². The maximum Gasteiger partial charge on any atom is 0.452 e. The summed E-state index contributed by atoms with van der Waals surface area (Å²) in [5.41, 5.74) is -0.629. The summed E-state index contributed by atoms with van der Waals surface area (Å²) in [6.07, 6.45) is -6.35. The molecular weight excluding hydrogens is 263 g/mol. The molecule has 2 N–H and O–H groups in total. The van der Waals surface area contributed by atoms with E-state index in [0.29, 0.717) is 0 Å². The lowest BCUT2D eigenvalue weighted by atomic mass is 9.99. The van der Waals surface area contributed by atoms with Crippen LogP contribution in [-0.2, 0) is 12.8 Å². The van der Waals surface area contributed by atoms with E-state index >= 15 is 0 Å². The molecule has 102 valence electrons. The molecular formula is C12H10F3NO3. The molecule has 19 heavy (non-hydrogen) atoms. The lowest BCUT2D eigenvalue weighted by Gasteiger charge is -2.13. The average Bonchev–Trinajstić information content (AvgIpc) is 2.82. The van der Waals surface area contributed by atoms with Crippen LogP contribution in [-0.4, -0.2) is 15.4 Å². The first-order chi connectivity index (χ1) is 8.95. The summed E-state index contributed by atoms with van der Waals surface area (Å²) in [5, 5.41) is 22.2. The highest BCUT2D eigenvalue weighted by Gasteiger charge is 2.42. The van der Waals surface area contributed by atoms with Gasteiger partial charge in [-0.3, -0.25) is 0 Å². The topological polar surface area (TPSA) is 66.5 Å². The Morgan fingerprint density at radius 2 is 1.84 bits per heavy atom. The van der Waals surface area contributed by atoms with Gasteiger partial charge in [0.1, 0.15) is 11.8 Å². The minimum absolute atomic E-state index is 0.255. The number of alkyl halides is 3. The maximum absolute atomic E-state index is 12.7. The van der Waals surface area contributed by atoms with E-state index in [0.717, 1.165) is 0 Å². The third-order valence-corrected chi connectivity index (χ3v) is 2.60. The molecule has 0 radical (unpaired) electrons. The zero-order valence-corrected chi connectivity index (χ0v) is 9.55. The SMILES string of the molecule is OCc1noc(C(F)(F)F)c1C(O)c1ccccc1. The highest BCUT2D eigenvalue weighted by atomic mass is 19.4. The second kappa shape index (κ2) is 5.02. The van der Waals surface area contributed by atoms with Crippen LogP contribution >= 0.6 is 0 Å². The standard InChI is InChI=1S/C12H10F3NO3/c13-12(14,15)11-9(8(6-17)16-19-11)10(18)7-4-2-1-3-5-7/h1-5,10,17-18H,6H2. The molecule has 0 fully saturated rings. The van der Waals surface area contributed by atoms with Crippen LogP contribution in [0.5, 0.6) is 0 Å². The number of rotatable bonds is 3. The van der Waals surface area contributed by atoms with Gasteiger partial charge in [0, 0.05) is 0 Å². The van der Waals surface area contributed by atoms with E-state index < -0.39 is 30.2 Å². The molecule has 0 aliphatic rings. The third-order valence-electron chi connectivity index (χ3n) is 2.60. The van der Waals surface area contributed by atoms with Crippen molar-refractivity contribution in [1.29, 1.82) is 0 Å². The molecule has 1 unspecified atom stereocenters. The first-order valence-corrected chi connectivity index (χ1v) is 5.34. The number of hydrogen-bond acceptors (Lipinski definition) is 4.